The average Bonchev–Trinajstić information content (AvgIpc) is 3.36. The van der Waals surface area contributed by atoms with Crippen molar-refractivity contribution in [3.05, 3.63) is 54.4 Å². The topological polar surface area (TPSA) is 74.8 Å². The third-order valence-corrected chi connectivity index (χ3v) is 5.15. The van der Waals surface area contributed by atoms with E-state index in [0.29, 0.717) is 26.1 Å². The van der Waals surface area contributed by atoms with Gasteiger partial charge in [-0.25, -0.2) is 4.79 Å². The number of nitrogens with zero attached hydrogens (tertiary/aromatic N) is 3. The maximum atomic E-state index is 12.4. The summed E-state index contributed by atoms with van der Waals surface area (Å²) in [7, 11) is 0. The summed E-state index contributed by atoms with van der Waals surface area (Å²) < 4.78 is 5.90. The van der Waals surface area contributed by atoms with Crippen molar-refractivity contribution in [1.82, 2.24) is 15.2 Å². The number of pyridine rings is 1. The van der Waals surface area contributed by atoms with Gasteiger partial charge in [-0.05, 0) is 36.2 Å². The Hall–Kier alpha value is -3.09. The molecule has 3 amide bonds. The Balaban J connectivity index is 1.25. The number of benzene rings is 1. The fraction of sp³-hybridized carbons (Fsp3) is 0.381. The maximum Gasteiger partial charge on any atom is 0.317 e. The summed E-state index contributed by atoms with van der Waals surface area (Å²) in [6, 6.07) is 11.4. The first kappa shape index (κ1) is 18.3. The number of amides is 3. The molecule has 1 aromatic heterocycles. The van der Waals surface area contributed by atoms with Gasteiger partial charge in [0.05, 0.1) is 6.54 Å². The summed E-state index contributed by atoms with van der Waals surface area (Å²) in [4.78, 5) is 31.8. The molecule has 0 bridgehead atoms. The van der Waals surface area contributed by atoms with Crippen molar-refractivity contribution in [2.24, 2.45) is 0 Å². The summed E-state index contributed by atoms with van der Waals surface area (Å²) in [6.07, 6.45) is 5.75. The zero-order chi connectivity index (χ0) is 19.3. The summed E-state index contributed by atoms with van der Waals surface area (Å²) in [5.41, 5.74) is 1.93. The number of nitrogens with one attached hydrogen (secondary N) is 1. The third kappa shape index (κ3) is 4.24. The molecule has 0 spiro atoms. The van der Waals surface area contributed by atoms with Crippen molar-refractivity contribution in [3.63, 3.8) is 0 Å². The van der Waals surface area contributed by atoms with Crippen LogP contribution in [0.4, 0.5) is 10.5 Å². The van der Waals surface area contributed by atoms with Gasteiger partial charge < -0.3 is 19.9 Å². The number of rotatable bonds is 5. The van der Waals surface area contributed by atoms with Crippen LogP contribution < -0.4 is 15.0 Å². The normalized spacial score (nSPS) is 19.1. The minimum Gasteiger partial charge on any atom is -0.488 e. The predicted molar refractivity (Wildman–Crippen MR) is 105 cm³/mol. The molecule has 146 valence electrons. The van der Waals surface area contributed by atoms with E-state index in [1.165, 1.54) is 0 Å². The summed E-state index contributed by atoms with van der Waals surface area (Å²) in [5, 5.41) is 2.96. The molecule has 2 saturated heterocycles. The van der Waals surface area contributed by atoms with E-state index in [9.17, 15) is 9.59 Å². The molecule has 1 aromatic carbocycles. The van der Waals surface area contributed by atoms with Gasteiger partial charge >= 0.3 is 6.03 Å². The highest BCUT2D eigenvalue weighted by Gasteiger charge is 2.27. The molecule has 0 saturated carbocycles. The fourth-order valence-corrected chi connectivity index (χ4v) is 3.62. The molecule has 3 heterocycles. The monoisotopic (exact) mass is 380 g/mol. The first-order valence-corrected chi connectivity index (χ1v) is 9.68. The first-order chi connectivity index (χ1) is 13.7. The van der Waals surface area contributed by atoms with Gasteiger partial charge in [-0.15, -0.1) is 0 Å². The largest absolute Gasteiger partial charge is 0.488 e. The summed E-state index contributed by atoms with van der Waals surface area (Å²) in [6.45, 7) is 2.49. The number of carbonyl (C=O) groups excluding carboxylic acids is 2. The average molecular weight is 380 g/mol. The van der Waals surface area contributed by atoms with Crippen LogP contribution >= 0.6 is 0 Å². The highest BCUT2D eigenvalue weighted by Crippen LogP contribution is 2.22. The lowest BCUT2D eigenvalue weighted by Crippen LogP contribution is -2.39. The van der Waals surface area contributed by atoms with Crippen LogP contribution in [0.2, 0.25) is 0 Å². The summed E-state index contributed by atoms with van der Waals surface area (Å²) in [5.74, 6) is 0.956. The molecule has 2 aliphatic heterocycles. The standard InChI is InChI=1S/C21H24N4O3/c26-20-2-1-12-25(20)17-5-3-16(4-6-17)14-23-21(27)24-13-9-19(15-24)28-18-7-10-22-11-8-18/h3-8,10-11,19H,1-2,9,12-15H2,(H,23,27)/t19-/m1/s1. The van der Waals surface area contributed by atoms with Crippen LogP contribution in [-0.2, 0) is 11.3 Å². The van der Waals surface area contributed by atoms with E-state index in [0.717, 1.165) is 36.4 Å². The number of aromatic nitrogens is 1. The smallest absolute Gasteiger partial charge is 0.317 e. The van der Waals surface area contributed by atoms with Crippen molar-refractivity contribution in [2.75, 3.05) is 24.5 Å². The lowest BCUT2D eigenvalue weighted by molar-refractivity contribution is -0.117. The van der Waals surface area contributed by atoms with Gasteiger partial charge in [0, 0.05) is 50.6 Å². The van der Waals surface area contributed by atoms with Crippen LogP contribution in [0, 0.1) is 0 Å². The van der Waals surface area contributed by atoms with E-state index in [2.05, 4.69) is 10.3 Å². The van der Waals surface area contributed by atoms with Gasteiger partial charge in [0.2, 0.25) is 5.91 Å². The van der Waals surface area contributed by atoms with Crippen molar-refractivity contribution in [2.45, 2.75) is 31.9 Å². The molecule has 0 aliphatic carbocycles. The minimum atomic E-state index is -0.0837. The third-order valence-electron chi connectivity index (χ3n) is 5.15. The second-order valence-corrected chi connectivity index (χ2v) is 7.13. The highest BCUT2D eigenvalue weighted by molar-refractivity contribution is 5.95. The van der Waals surface area contributed by atoms with Crippen LogP contribution in [0.1, 0.15) is 24.8 Å². The Labute approximate surface area is 164 Å². The molecule has 0 radical (unpaired) electrons. The number of urea groups is 1. The van der Waals surface area contributed by atoms with Crippen molar-refractivity contribution >= 4 is 17.6 Å². The van der Waals surface area contributed by atoms with E-state index in [1.807, 2.05) is 41.3 Å². The Morgan fingerprint density at radius 3 is 2.64 bits per heavy atom. The molecule has 7 heteroatoms. The van der Waals surface area contributed by atoms with E-state index < -0.39 is 0 Å². The Kier molecular flexibility index (Phi) is 5.41. The van der Waals surface area contributed by atoms with E-state index in [-0.39, 0.29) is 18.0 Å². The molecule has 2 aromatic rings. The van der Waals surface area contributed by atoms with Crippen LogP contribution in [-0.4, -0.2) is 47.6 Å². The molecule has 0 unspecified atom stereocenters. The number of anilines is 1. The van der Waals surface area contributed by atoms with Crippen LogP contribution in [0.15, 0.2) is 48.8 Å². The second kappa shape index (κ2) is 8.29. The molecule has 1 N–H and O–H groups in total. The Morgan fingerprint density at radius 2 is 1.93 bits per heavy atom. The molecule has 4 rings (SSSR count). The number of ether oxygens (including phenoxy) is 1. The van der Waals surface area contributed by atoms with Gasteiger partial charge in [0.25, 0.3) is 0 Å². The van der Waals surface area contributed by atoms with Crippen molar-refractivity contribution in [3.8, 4) is 5.75 Å². The molecule has 2 aliphatic rings. The maximum absolute atomic E-state index is 12.4. The van der Waals surface area contributed by atoms with Gasteiger partial charge in [0.1, 0.15) is 11.9 Å². The second-order valence-electron chi connectivity index (χ2n) is 7.13. The quantitative estimate of drug-likeness (QED) is 0.865. The molecule has 1 atom stereocenters. The van der Waals surface area contributed by atoms with Gasteiger partial charge in [0.15, 0.2) is 0 Å². The zero-order valence-electron chi connectivity index (χ0n) is 15.7. The van der Waals surface area contributed by atoms with Gasteiger partial charge in [-0.1, -0.05) is 12.1 Å². The lowest BCUT2D eigenvalue weighted by atomic mass is 10.2. The summed E-state index contributed by atoms with van der Waals surface area (Å²) >= 11 is 0. The Bertz CT molecular complexity index is 825. The van der Waals surface area contributed by atoms with Crippen LogP contribution in [0.5, 0.6) is 5.75 Å². The van der Waals surface area contributed by atoms with E-state index in [4.69, 9.17) is 4.74 Å². The fourth-order valence-electron chi connectivity index (χ4n) is 3.62. The SMILES string of the molecule is O=C(NCc1ccc(N2CCCC2=O)cc1)N1CC[C@@H](Oc2ccncc2)C1. The van der Waals surface area contributed by atoms with E-state index >= 15 is 0 Å². The molecule has 28 heavy (non-hydrogen) atoms. The highest BCUT2D eigenvalue weighted by atomic mass is 16.5. The van der Waals surface area contributed by atoms with E-state index in [1.54, 1.807) is 17.3 Å². The van der Waals surface area contributed by atoms with Crippen LogP contribution in [0.25, 0.3) is 0 Å². The van der Waals surface area contributed by atoms with Crippen molar-refractivity contribution in [1.29, 1.82) is 0 Å². The molecule has 2 fully saturated rings. The number of likely N-dealkylation sites (tertiary alicyclic amines) is 1. The first-order valence-electron chi connectivity index (χ1n) is 9.68. The lowest BCUT2D eigenvalue weighted by Gasteiger charge is -2.18. The number of hydrogen-bond donors (Lipinski definition) is 1. The van der Waals surface area contributed by atoms with Crippen LogP contribution in [0.3, 0.4) is 0 Å². The van der Waals surface area contributed by atoms with Crippen molar-refractivity contribution < 1.29 is 14.3 Å². The zero-order valence-corrected chi connectivity index (χ0v) is 15.7. The molecular weight excluding hydrogens is 356 g/mol. The number of hydrogen-bond acceptors (Lipinski definition) is 4. The molecular formula is C21H24N4O3. The number of carbonyl (C=O) groups is 2. The predicted octanol–water partition coefficient (Wildman–Crippen LogP) is 2.57. The Morgan fingerprint density at radius 1 is 1.14 bits per heavy atom. The van der Waals surface area contributed by atoms with Gasteiger partial charge in [-0.3, -0.25) is 9.78 Å². The minimum absolute atomic E-state index is 0.00503. The molecule has 7 nitrogen and oxygen atoms in total. The van der Waals surface area contributed by atoms with Gasteiger partial charge in [-0.2, -0.15) is 0 Å².